The number of benzene rings is 1. The standard InChI is InChI=1S/C20H31O2P/c1-6-17(5)23(22,18-10-8-7-9-11-18)20(21)19-15(3)12-14(2)13-16(19)4/h12-13,17-18H,6-11H2,1-5H3. The second kappa shape index (κ2) is 7.34. The van der Waals surface area contributed by atoms with Crippen LogP contribution in [0, 0.1) is 20.8 Å². The van der Waals surface area contributed by atoms with Gasteiger partial charge in [0.25, 0.3) is 0 Å². The van der Waals surface area contributed by atoms with Crippen LogP contribution >= 0.6 is 7.14 Å². The highest BCUT2D eigenvalue weighted by molar-refractivity contribution is 7.82. The molecule has 0 amide bonds. The fourth-order valence-corrected chi connectivity index (χ4v) is 7.98. The van der Waals surface area contributed by atoms with Gasteiger partial charge in [-0.05, 0) is 51.2 Å². The molecule has 0 spiro atoms. The van der Waals surface area contributed by atoms with Crippen molar-refractivity contribution in [2.75, 3.05) is 0 Å². The van der Waals surface area contributed by atoms with Gasteiger partial charge in [0.2, 0.25) is 5.52 Å². The van der Waals surface area contributed by atoms with E-state index in [1.807, 2.05) is 39.8 Å². The van der Waals surface area contributed by atoms with E-state index in [2.05, 4.69) is 6.92 Å². The molecular formula is C20H31O2P. The Hall–Kier alpha value is -0.880. The lowest BCUT2D eigenvalue weighted by molar-refractivity contribution is 0.106. The third kappa shape index (κ3) is 3.48. The Kier molecular flexibility index (Phi) is 5.89. The maximum atomic E-state index is 14.0. The van der Waals surface area contributed by atoms with Crippen molar-refractivity contribution < 1.29 is 9.36 Å². The quantitative estimate of drug-likeness (QED) is 0.597. The third-order valence-electron chi connectivity index (χ3n) is 5.57. The molecule has 2 atom stereocenters. The van der Waals surface area contributed by atoms with Gasteiger partial charge in [-0.15, -0.1) is 0 Å². The van der Waals surface area contributed by atoms with E-state index in [1.165, 1.54) is 6.42 Å². The number of aryl methyl sites for hydroxylation is 3. The van der Waals surface area contributed by atoms with Gasteiger partial charge in [0.15, 0.2) is 7.14 Å². The van der Waals surface area contributed by atoms with Crippen molar-refractivity contribution in [3.05, 3.63) is 34.4 Å². The third-order valence-corrected chi connectivity index (χ3v) is 9.71. The van der Waals surface area contributed by atoms with Gasteiger partial charge in [-0.2, -0.15) is 0 Å². The molecule has 0 aliphatic heterocycles. The molecule has 0 N–H and O–H groups in total. The number of carbonyl (C=O) groups is 1. The molecule has 0 heterocycles. The van der Waals surface area contributed by atoms with Gasteiger partial charge >= 0.3 is 0 Å². The maximum Gasteiger partial charge on any atom is 0.222 e. The lowest BCUT2D eigenvalue weighted by atomic mass is 10.0. The van der Waals surface area contributed by atoms with Gasteiger partial charge in [0.1, 0.15) is 0 Å². The van der Waals surface area contributed by atoms with Crippen molar-refractivity contribution in [2.45, 2.75) is 84.5 Å². The molecule has 23 heavy (non-hydrogen) atoms. The Morgan fingerprint density at radius 1 is 1.13 bits per heavy atom. The summed E-state index contributed by atoms with van der Waals surface area (Å²) in [5, 5.41) is 0. The highest BCUT2D eigenvalue weighted by Crippen LogP contribution is 2.62. The first-order valence-electron chi connectivity index (χ1n) is 9.04. The molecule has 0 bridgehead atoms. The zero-order valence-electron chi connectivity index (χ0n) is 15.3. The van der Waals surface area contributed by atoms with Crippen LogP contribution in [-0.2, 0) is 4.57 Å². The van der Waals surface area contributed by atoms with Crippen molar-refractivity contribution in [3.8, 4) is 0 Å². The number of rotatable bonds is 5. The van der Waals surface area contributed by atoms with Crippen LogP contribution in [0.1, 0.15) is 79.4 Å². The van der Waals surface area contributed by atoms with Crippen LogP contribution in [0.25, 0.3) is 0 Å². The molecule has 1 saturated carbocycles. The minimum Gasteiger partial charge on any atom is -0.315 e. The predicted molar refractivity (Wildman–Crippen MR) is 99.2 cm³/mol. The van der Waals surface area contributed by atoms with E-state index in [1.54, 1.807) is 0 Å². The SMILES string of the molecule is CCC(C)P(=O)(C(=O)c1c(C)cc(C)cc1C)C1CCCCC1. The van der Waals surface area contributed by atoms with E-state index in [9.17, 15) is 9.36 Å². The van der Waals surface area contributed by atoms with E-state index < -0.39 is 7.14 Å². The maximum absolute atomic E-state index is 14.0. The van der Waals surface area contributed by atoms with Crippen LogP contribution in [0.3, 0.4) is 0 Å². The second-order valence-corrected chi connectivity index (χ2v) is 10.8. The van der Waals surface area contributed by atoms with Crippen LogP contribution in [0.2, 0.25) is 0 Å². The summed E-state index contributed by atoms with van der Waals surface area (Å²) in [4.78, 5) is 13.5. The van der Waals surface area contributed by atoms with E-state index in [0.29, 0.717) is 0 Å². The smallest absolute Gasteiger partial charge is 0.222 e. The largest absolute Gasteiger partial charge is 0.315 e. The lowest BCUT2D eigenvalue weighted by Crippen LogP contribution is -2.25. The van der Waals surface area contributed by atoms with Crippen molar-refractivity contribution in [3.63, 3.8) is 0 Å². The molecule has 1 aliphatic rings. The van der Waals surface area contributed by atoms with Gasteiger partial charge in [0, 0.05) is 16.9 Å². The second-order valence-electron chi connectivity index (χ2n) is 7.34. The molecule has 128 valence electrons. The topological polar surface area (TPSA) is 34.1 Å². The average molecular weight is 334 g/mol. The summed E-state index contributed by atoms with van der Waals surface area (Å²) < 4.78 is 14.0. The average Bonchev–Trinajstić information content (AvgIpc) is 2.53. The van der Waals surface area contributed by atoms with Gasteiger partial charge < -0.3 is 4.57 Å². The molecule has 1 aromatic carbocycles. The van der Waals surface area contributed by atoms with Crippen LogP contribution in [0.4, 0.5) is 0 Å². The van der Waals surface area contributed by atoms with Gasteiger partial charge in [0.05, 0.1) is 0 Å². The zero-order valence-corrected chi connectivity index (χ0v) is 16.2. The van der Waals surface area contributed by atoms with Crippen molar-refractivity contribution in [2.24, 2.45) is 0 Å². The fraction of sp³-hybridized carbons (Fsp3) is 0.650. The Balaban J connectivity index is 2.52. The lowest BCUT2D eigenvalue weighted by Gasteiger charge is -2.34. The van der Waals surface area contributed by atoms with Crippen molar-refractivity contribution in [1.82, 2.24) is 0 Å². The summed E-state index contributed by atoms with van der Waals surface area (Å²) in [5.41, 5.74) is 3.88. The van der Waals surface area contributed by atoms with E-state index in [4.69, 9.17) is 0 Å². The number of carbonyl (C=O) groups excluding carboxylic acids is 1. The first-order valence-corrected chi connectivity index (χ1v) is 10.9. The first-order chi connectivity index (χ1) is 10.8. The molecule has 0 saturated heterocycles. The molecule has 0 radical (unpaired) electrons. The fourth-order valence-electron chi connectivity index (χ4n) is 4.15. The van der Waals surface area contributed by atoms with Gasteiger partial charge in [-0.3, -0.25) is 4.79 Å². The van der Waals surface area contributed by atoms with Crippen LogP contribution in [0.5, 0.6) is 0 Å². The highest BCUT2D eigenvalue weighted by Gasteiger charge is 2.45. The minimum absolute atomic E-state index is 0.0156. The number of hydrogen-bond acceptors (Lipinski definition) is 2. The summed E-state index contributed by atoms with van der Waals surface area (Å²) in [6.45, 7) is 10.1. The van der Waals surface area contributed by atoms with E-state index in [-0.39, 0.29) is 16.8 Å². The minimum atomic E-state index is -2.91. The molecule has 1 fully saturated rings. The highest BCUT2D eigenvalue weighted by atomic mass is 31.2. The Labute approximate surface area is 141 Å². The van der Waals surface area contributed by atoms with Gasteiger partial charge in [-0.1, -0.05) is 50.8 Å². The van der Waals surface area contributed by atoms with Crippen LogP contribution in [0.15, 0.2) is 12.1 Å². The zero-order chi connectivity index (χ0) is 17.2. The summed E-state index contributed by atoms with van der Waals surface area (Å²) in [6.07, 6.45) is 6.17. The van der Waals surface area contributed by atoms with E-state index in [0.717, 1.165) is 54.4 Å². The van der Waals surface area contributed by atoms with Crippen LogP contribution < -0.4 is 0 Å². The molecular weight excluding hydrogens is 303 g/mol. The summed E-state index contributed by atoms with van der Waals surface area (Å²) in [5.74, 6) is 0. The summed E-state index contributed by atoms with van der Waals surface area (Å²) in [7, 11) is -2.91. The molecule has 3 heteroatoms. The normalized spacial score (nSPS) is 20.0. The first kappa shape index (κ1) is 18.5. The Morgan fingerprint density at radius 3 is 2.13 bits per heavy atom. The van der Waals surface area contributed by atoms with Gasteiger partial charge in [-0.25, -0.2) is 0 Å². The predicted octanol–water partition coefficient (Wildman–Crippen LogP) is 6.25. The molecule has 2 rings (SSSR count). The van der Waals surface area contributed by atoms with Crippen molar-refractivity contribution in [1.29, 1.82) is 0 Å². The molecule has 1 aliphatic carbocycles. The Morgan fingerprint density at radius 2 is 1.65 bits per heavy atom. The number of hydrogen-bond donors (Lipinski definition) is 0. The monoisotopic (exact) mass is 334 g/mol. The Bertz CT molecular complexity index is 604. The molecule has 0 aromatic heterocycles. The molecule has 2 unspecified atom stereocenters. The molecule has 1 aromatic rings. The summed E-state index contributed by atoms with van der Waals surface area (Å²) >= 11 is 0. The summed E-state index contributed by atoms with van der Waals surface area (Å²) in [6, 6.07) is 4.09. The van der Waals surface area contributed by atoms with Crippen molar-refractivity contribution >= 4 is 12.7 Å². The van der Waals surface area contributed by atoms with Crippen LogP contribution in [-0.4, -0.2) is 16.8 Å². The molecule has 2 nitrogen and oxygen atoms in total. The van der Waals surface area contributed by atoms with E-state index >= 15 is 0 Å².